The van der Waals surface area contributed by atoms with E-state index in [1.807, 2.05) is 30.3 Å². The first-order valence-corrected chi connectivity index (χ1v) is 6.93. The van der Waals surface area contributed by atoms with Crippen molar-refractivity contribution in [2.45, 2.75) is 13.0 Å². The Morgan fingerprint density at radius 1 is 1.09 bits per heavy atom. The maximum atomic E-state index is 10.6. The van der Waals surface area contributed by atoms with E-state index >= 15 is 0 Å². The lowest BCUT2D eigenvalue weighted by Gasteiger charge is -2.01. The summed E-state index contributed by atoms with van der Waals surface area (Å²) in [6.07, 6.45) is 0.585. The molecule has 0 aliphatic rings. The van der Waals surface area contributed by atoms with Gasteiger partial charge < -0.3 is 9.26 Å². The topological polar surface area (TPSA) is 91.3 Å². The number of hydrogen-bond donors (Lipinski definition) is 0. The normalized spacial score (nSPS) is 10.4. The molecule has 0 saturated heterocycles. The molecule has 3 rings (SSSR count). The average Bonchev–Trinajstić information content (AvgIpc) is 3.02. The zero-order chi connectivity index (χ0) is 16.1. The Morgan fingerprint density at radius 3 is 2.52 bits per heavy atom. The van der Waals surface area contributed by atoms with Crippen molar-refractivity contribution < 1.29 is 14.2 Å². The molecular weight excluding hydrogens is 298 g/mol. The maximum Gasteiger partial charge on any atom is 0.269 e. The molecule has 0 aliphatic carbocycles. The number of hydrogen-bond acceptors (Lipinski definition) is 6. The van der Waals surface area contributed by atoms with Gasteiger partial charge in [-0.15, -0.1) is 0 Å². The van der Waals surface area contributed by atoms with Crippen LogP contribution >= 0.6 is 0 Å². The van der Waals surface area contributed by atoms with Crippen LogP contribution in [0.4, 0.5) is 5.69 Å². The van der Waals surface area contributed by atoms with E-state index in [1.165, 1.54) is 24.3 Å². The van der Waals surface area contributed by atoms with Gasteiger partial charge in [0, 0.05) is 18.6 Å². The summed E-state index contributed by atoms with van der Waals surface area (Å²) in [7, 11) is 0. The lowest BCUT2D eigenvalue weighted by Crippen LogP contribution is -1.97. The van der Waals surface area contributed by atoms with E-state index < -0.39 is 4.92 Å². The highest BCUT2D eigenvalue weighted by Crippen LogP contribution is 2.18. The fourth-order valence-corrected chi connectivity index (χ4v) is 2.01. The molecule has 1 aromatic heterocycles. The third-order valence-electron chi connectivity index (χ3n) is 3.13. The number of non-ortho nitro benzene ring substituents is 1. The molecule has 0 bridgehead atoms. The van der Waals surface area contributed by atoms with E-state index in [4.69, 9.17) is 9.26 Å². The van der Waals surface area contributed by atoms with Gasteiger partial charge in [0.1, 0.15) is 5.75 Å². The van der Waals surface area contributed by atoms with E-state index in [9.17, 15) is 10.1 Å². The zero-order valence-corrected chi connectivity index (χ0v) is 12.1. The van der Waals surface area contributed by atoms with Gasteiger partial charge in [0.25, 0.3) is 11.6 Å². The van der Waals surface area contributed by atoms with Crippen molar-refractivity contribution >= 4 is 5.69 Å². The number of nitro groups is 1. The first kappa shape index (κ1) is 14.7. The largest absolute Gasteiger partial charge is 0.484 e. The highest BCUT2D eigenvalue weighted by atomic mass is 16.6. The molecule has 0 radical (unpaired) electrons. The van der Waals surface area contributed by atoms with Crippen molar-refractivity contribution in [1.82, 2.24) is 10.1 Å². The van der Waals surface area contributed by atoms with Crippen LogP contribution in [0.5, 0.6) is 5.75 Å². The van der Waals surface area contributed by atoms with Gasteiger partial charge in [-0.1, -0.05) is 35.5 Å². The number of benzene rings is 2. The molecule has 0 spiro atoms. The molecule has 3 aromatic rings. The van der Waals surface area contributed by atoms with E-state index in [1.54, 1.807) is 0 Å². The van der Waals surface area contributed by atoms with Gasteiger partial charge in [-0.3, -0.25) is 10.1 Å². The lowest BCUT2D eigenvalue weighted by molar-refractivity contribution is -0.384. The van der Waals surface area contributed by atoms with E-state index in [0.29, 0.717) is 23.9 Å². The highest BCUT2D eigenvalue weighted by Gasteiger charge is 2.09. The molecule has 0 N–H and O–H groups in total. The van der Waals surface area contributed by atoms with Crippen LogP contribution in [0.3, 0.4) is 0 Å². The average molecular weight is 311 g/mol. The Morgan fingerprint density at radius 2 is 1.83 bits per heavy atom. The van der Waals surface area contributed by atoms with Crippen molar-refractivity contribution in [3.63, 3.8) is 0 Å². The first-order chi connectivity index (χ1) is 11.2. The van der Waals surface area contributed by atoms with Gasteiger partial charge in [0.05, 0.1) is 4.92 Å². The fraction of sp³-hybridized carbons (Fsp3) is 0.125. The Kier molecular flexibility index (Phi) is 4.28. The lowest BCUT2D eigenvalue weighted by atomic mass is 10.1. The monoisotopic (exact) mass is 311 g/mol. The summed E-state index contributed by atoms with van der Waals surface area (Å²) in [5, 5.41) is 14.5. The van der Waals surface area contributed by atoms with Crippen LogP contribution in [-0.2, 0) is 13.0 Å². The SMILES string of the molecule is O=[N+]([O-])c1ccc(OCc2nc(Cc3ccccc3)no2)cc1. The summed E-state index contributed by atoms with van der Waals surface area (Å²) in [6.45, 7) is 0.111. The summed E-state index contributed by atoms with van der Waals surface area (Å²) in [6, 6.07) is 15.6. The van der Waals surface area contributed by atoms with Crippen LogP contribution in [0.25, 0.3) is 0 Å². The second-order valence-electron chi connectivity index (χ2n) is 4.81. The van der Waals surface area contributed by atoms with Crippen LogP contribution in [0.1, 0.15) is 17.3 Å². The molecular formula is C16H13N3O4. The molecule has 7 nitrogen and oxygen atoms in total. The Bertz CT molecular complexity index is 785. The van der Waals surface area contributed by atoms with Crippen LogP contribution < -0.4 is 4.74 Å². The molecule has 7 heteroatoms. The van der Waals surface area contributed by atoms with Crippen LogP contribution in [0.2, 0.25) is 0 Å². The number of nitro benzene ring substituents is 1. The summed E-state index contributed by atoms with van der Waals surface area (Å²) >= 11 is 0. The summed E-state index contributed by atoms with van der Waals surface area (Å²) in [4.78, 5) is 14.4. The predicted molar refractivity (Wildman–Crippen MR) is 81.0 cm³/mol. The fourth-order valence-electron chi connectivity index (χ4n) is 2.01. The van der Waals surface area contributed by atoms with Gasteiger partial charge >= 0.3 is 0 Å². The van der Waals surface area contributed by atoms with Crippen LogP contribution in [0.15, 0.2) is 59.1 Å². The van der Waals surface area contributed by atoms with Crippen molar-refractivity contribution in [2.75, 3.05) is 0 Å². The zero-order valence-electron chi connectivity index (χ0n) is 12.1. The molecule has 1 heterocycles. The third-order valence-corrected chi connectivity index (χ3v) is 3.13. The number of ether oxygens (including phenoxy) is 1. The molecule has 23 heavy (non-hydrogen) atoms. The summed E-state index contributed by atoms with van der Waals surface area (Å²) < 4.78 is 10.6. The number of aromatic nitrogens is 2. The van der Waals surface area contributed by atoms with Crippen molar-refractivity contribution in [3.05, 3.63) is 82.0 Å². The summed E-state index contributed by atoms with van der Waals surface area (Å²) in [5.74, 6) is 1.44. The minimum absolute atomic E-state index is 0.0142. The number of nitrogens with zero attached hydrogens (tertiary/aromatic N) is 3. The van der Waals surface area contributed by atoms with Crippen molar-refractivity contribution in [1.29, 1.82) is 0 Å². The summed E-state index contributed by atoms with van der Waals surface area (Å²) in [5.41, 5.74) is 1.11. The van der Waals surface area contributed by atoms with E-state index in [2.05, 4.69) is 10.1 Å². The predicted octanol–water partition coefficient (Wildman–Crippen LogP) is 3.15. The van der Waals surface area contributed by atoms with Crippen molar-refractivity contribution in [2.24, 2.45) is 0 Å². The van der Waals surface area contributed by atoms with Gasteiger partial charge in [-0.2, -0.15) is 4.98 Å². The quantitative estimate of drug-likeness (QED) is 0.513. The minimum atomic E-state index is -0.461. The van der Waals surface area contributed by atoms with Crippen LogP contribution in [0, 0.1) is 10.1 Å². The Hall–Kier alpha value is -3.22. The van der Waals surface area contributed by atoms with Gasteiger partial charge in [-0.25, -0.2) is 0 Å². The molecule has 0 unspecified atom stereocenters. The van der Waals surface area contributed by atoms with Crippen LogP contribution in [-0.4, -0.2) is 15.1 Å². The maximum absolute atomic E-state index is 10.6. The third kappa shape index (κ3) is 3.91. The van der Waals surface area contributed by atoms with E-state index in [0.717, 1.165) is 5.56 Å². The standard InChI is InChI=1S/C16H13N3O4/c20-19(21)13-6-8-14(9-7-13)22-11-16-17-15(18-23-16)10-12-4-2-1-3-5-12/h1-9H,10-11H2. The second kappa shape index (κ2) is 6.69. The molecule has 0 saturated carbocycles. The molecule has 0 fully saturated rings. The minimum Gasteiger partial charge on any atom is -0.484 e. The van der Waals surface area contributed by atoms with E-state index in [-0.39, 0.29) is 12.3 Å². The molecule has 0 aliphatic heterocycles. The molecule has 116 valence electrons. The smallest absolute Gasteiger partial charge is 0.269 e. The van der Waals surface area contributed by atoms with Gasteiger partial charge in [0.2, 0.25) is 0 Å². The Balaban J connectivity index is 1.57. The molecule has 0 atom stereocenters. The van der Waals surface area contributed by atoms with Crippen molar-refractivity contribution in [3.8, 4) is 5.75 Å². The number of rotatable bonds is 6. The molecule has 0 amide bonds. The van der Waals surface area contributed by atoms with Gasteiger partial charge in [-0.05, 0) is 17.7 Å². The highest BCUT2D eigenvalue weighted by molar-refractivity contribution is 5.35. The molecule has 2 aromatic carbocycles. The second-order valence-corrected chi connectivity index (χ2v) is 4.81. The van der Waals surface area contributed by atoms with Gasteiger partial charge in [0.15, 0.2) is 12.4 Å². The Labute approximate surface area is 131 Å². The first-order valence-electron chi connectivity index (χ1n) is 6.93.